The van der Waals surface area contributed by atoms with Crippen LogP contribution in [0.5, 0.6) is 0 Å². The summed E-state index contributed by atoms with van der Waals surface area (Å²) < 4.78 is 3.39. The van der Waals surface area contributed by atoms with Gasteiger partial charge in [-0.15, -0.1) is 11.3 Å². The predicted molar refractivity (Wildman–Crippen MR) is 88.9 cm³/mol. The molecule has 0 radical (unpaired) electrons. The van der Waals surface area contributed by atoms with Crippen molar-refractivity contribution in [3.8, 4) is 0 Å². The minimum atomic E-state index is 0.442. The Morgan fingerprint density at radius 1 is 1.26 bits per heavy atom. The fourth-order valence-electron chi connectivity index (χ4n) is 2.10. The molecule has 0 saturated carbocycles. The predicted octanol–water partition coefficient (Wildman–Crippen LogP) is 4.15. The second-order valence-corrected chi connectivity index (χ2v) is 7.27. The molecule has 2 heterocycles. The zero-order chi connectivity index (χ0) is 13.4. The third-order valence-corrected chi connectivity index (χ3v) is 4.85. The van der Waals surface area contributed by atoms with E-state index in [1.807, 2.05) is 12.1 Å². The summed E-state index contributed by atoms with van der Waals surface area (Å²) in [6.07, 6.45) is 2.10. The second-order valence-electron chi connectivity index (χ2n) is 4.29. The molecule has 0 amide bonds. The molecule has 0 atom stereocenters. The molecule has 19 heavy (non-hydrogen) atoms. The fourth-order valence-corrected chi connectivity index (χ4v) is 3.71. The number of nitrogens with two attached hydrogens (primary N) is 1. The normalized spacial score (nSPS) is 11.0. The number of rotatable bonds is 3. The number of thiocarbonyl (C=S) groups is 1. The molecule has 96 valence electrons. The van der Waals surface area contributed by atoms with Gasteiger partial charge in [0.1, 0.15) is 4.99 Å². The number of hydrogen-bond acceptors (Lipinski definition) is 2. The Bertz CT molecular complexity index is 758. The molecule has 0 saturated heterocycles. The lowest BCUT2D eigenvalue weighted by atomic mass is 10.1. The van der Waals surface area contributed by atoms with Crippen LogP contribution in [0.3, 0.4) is 0 Å². The molecule has 0 spiro atoms. The molecular formula is C14H11BrN2S2. The zero-order valence-corrected chi connectivity index (χ0v) is 13.2. The van der Waals surface area contributed by atoms with Gasteiger partial charge in [0.2, 0.25) is 0 Å². The van der Waals surface area contributed by atoms with E-state index in [0.29, 0.717) is 4.99 Å². The van der Waals surface area contributed by atoms with E-state index in [9.17, 15) is 0 Å². The summed E-state index contributed by atoms with van der Waals surface area (Å²) >= 11 is 10.3. The van der Waals surface area contributed by atoms with Gasteiger partial charge in [0, 0.05) is 27.5 Å². The Morgan fingerprint density at radius 2 is 2.11 bits per heavy atom. The standard InChI is InChI=1S/C14H11BrN2S2/c15-13-4-2-11(19-13)8-17-6-5-9-7-10(14(16)18)1-3-12(9)17/h1-7H,8H2,(H2,16,18). The third-order valence-electron chi connectivity index (χ3n) is 3.01. The number of aromatic nitrogens is 1. The van der Waals surface area contributed by atoms with Gasteiger partial charge in [-0.05, 0) is 52.3 Å². The van der Waals surface area contributed by atoms with E-state index < -0.39 is 0 Å². The van der Waals surface area contributed by atoms with Crippen molar-refractivity contribution < 1.29 is 0 Å². The maximum absolute atomic E-state index is 5.66. The second kappa shape index (κ2) is 5.07. The smallest absolute Gasteiger partial charge is 0.104 e. The van der Waals surface area contributed by atoms with E-state index in [1.165, 1.54) is 15.8 Å². The van der Waals surface area contributed by atoms with Gasteiger partial charge in [-0.1, -0.05) is 12.2 Å². The summed E-state index contributed by atoms with van der Waals surface area (Å²) in [5, 5.41) is 1.17. The highest BCUT2D eigenvalue weighted by Crippen LogP contribution is 2.25. The maximum Gasteiger partial charge on any atom is 0.104 e. The van der Waals surface area contributed by atoms with E-state index in [-0.39, 0.29) is 0 Å². The molecule has 0 aliphatic rings. The van der Waals surface area contributed by atoms with Gasteiger partial charge in [-0.2, -0.15) is 0 Å². The van der Waals surface area contributed by atoms with Gasteiger partial charge >= 0.3 is 0 Å². The van der Waals surface area contributed by atoms with Crippen molar-refractivity contribution in [3.05, 3.63) is 56.8 Å². The fraction of sp³-hybridized carbons (Fsp3) is 0.0714. The lowest BCUT2D eigenvalue weighted by Crippen LogP contribution is -2.08. The maximum atomic E-state index is 5.66. The van der Waals surface area contributed by atoms with Gasteiger partial charge in [0.25, 0.3) is 0 Å². The van der Waals surface area contributed by atoms with Crippen molar-refractivity contribution in [1.82, 2.24) is 4.57 Å². The number of nitrogens with zero attached hydrogens (tertiary/aromatic N) is 1. The molecule has 3 aromatic rings. The minimum Gasteiger partial charge on any atom is -0.389 e. The van der Waals surface area contributed by atoms with Crippen molar-refractivity contribution in [1.29, 1.82) is 0 Å². The van der Waals surface area contributed by atoms with E-state index in [4.69, 9.17) is 18.0 Å². The average molecular weight is 351 g/mol. The molecule has 2 nitrogen and oxygen atoms in total. The summed E-state index contributed by atoms with van der Waals surface area (Å²) in [5.74, 6) is 0. The van der Waals surface area contributed by atoms with Crippen molar-refractivity contribution >= 4 is 55.4 Å². The Hall–Kier alpha value is -1.17. The molecule has 0 unspecified atom stereocenters. The lowest BCUT2D eigenvalue weighted by molar-refractivity contribution is 0.851. The molecule has 0 aliphatic heterocycles. The van der Waals surface area contributed by atoms with E-state index >= 15 is 0 Å². The van der Waals surface area contributed by atoms with Gasteiger partial charge < -0.3 is 10.3 Å². The van der Waals surface area contributed by atoms with Crippen LogP contribution in [0.15, 0.2) is 46.4 Å². The first kappa shape index (κ1) is 12.8. The van der Waals surface area contributed by atoms with Crippen LogP contribution in [0, 0.1) is 0 Å². The average Bonchev–Trinajstić information content (AvgIpc) is 2.96. The molecule has 2 N–H and O–H groups in total. The van der Waals surface area contributed by atoms with Crippen LogP contribution >= 0.6 is 39.5 Å². The summed E-state index contributed by atoms with van der Waals surface area (Å²) in [6.45, 7) is 0.881. The van der Waals surface area contributed by atoms with E-state index in [1.54, 1.807) is 11.3 Å². The number of thiophene rings is 1. The first-order valence-electron chi connectivity index (χ1n) is 5.76. The van der Waals surface area contributed by atoms with Crippen LogP contribution in [0.4, 0.5) is 0 Å². The molecule has 3 rings (SSSR count). The Kier molecular flexibility index (Phi) is 3.43. The first-order chi connectivity index (χ1) is 9.13. The van der Waals surface area contributed by atoms with Crippen molar-refractivity contribution in [2.24, 2.45) is 5.73 Å². The Morgan fingerprint density at radius 3 is 2.79 bits per heavy atom. The number of hydrogen-bond donors (Lipinski definition) is 1. The van der Waals surface area contributed by atoms with Gasteiger partial charge in [-0.25, -0.2) is 0 Å². The molecule has 1 aromatic carbocycles. The highest BCUT2D eigenvalue weighted by Gasteiger charge is 2.05. The summed E-state index contributed by atoms with van der Waals surface area (Å²) in [6, 6.07) is 12.4. The Balaban J connectivity index is 1.99. The van der Waals surface area contributed by atoms with Crippen LogP contribution in [0.2, 0.25) is 0 Å². The molecule has 2 aromatic heterocycles. The largest absolute Gasteiger partial charge is 0.389 e. The summed E-state index contributed by atoms with van der Waals surface area (Å²) in [5.41, 5.74) is 7.77. The van der Waals surface area contributed by atoms with Crippen LogP contribution in [-0.2, 0) is 6.54 Å². The highest BCUT2D eigenvalue weighted by atomic mass is 79.9. The van der Waals surface area contributed by atoms with Crippen molar-refractivity contribution in [2.75, 3.05) is 0 Å². The van der Waals surface area contributed by atoms with Crippen LogP contribution in [0.1, 0.15) is 10.4 Å². The number of benzene rings is 1. The highest BCUT2D eigenvalue weighted by molar-refractivity contribution is 9.11. The summed E-state index contributed by atoms with van der Waals surface area (Å²) in [7, 11) is 0. The van der Waals surface area contributed by atoms with Crippen LogP contribution in [0.25, 0.3) is 10.9 Å². The van der Waals surface area contributed by atoms with E-state index in [2.05, 4.69) is 51.0 Å². The SMILES string of the molecule is NC(=S)c1ccc2c(ccn2Cc2ccc(Br)s2)c1. The first-order valence-corrected chi connectivity index (χ1v) is 7.78. The van der Waals surface area contributed by atoms with Crippen LogP contribution < -0.4 is 5.73 Å². The molecule has 5 heteroatoms. The lowest BCUT2D eigenvalue weighted by Gasteiger charge is -2.04. The summed E-state index contributed by atoms with van der Waals surface area (Å²) in [4.78, 5) is 1.76. The zero-order valence-electron chi connectivity index (χ0n) is 9.97. The van der Waals surface area contributed by atoms with Crippen LogP contribution in [-0.4, -0.2) is 9.56 Å². The third kappa shape index (κ3) is 2.59. The monoisotopic (exact) mass is 350 g/mol. The molecule has 0 fully saturated rings. The van der Waals surface area contributed by atoms with Crippen molar-refractivity contribution in [2.45, 2.75) is 6.54 Å². The minimum absolute atomic E-state index is 0.442. The van der Waals surface area contributed by atoms with Crippen molar-refractivity contribution in [3.63, 3.8) is 0 Å². The molecule has 0 bridgehead atoms. The number of fused-ring (bicyclic) bond motifs is 1. The number of halogens is 1. The topological polar surface area (TPSA) is 30.9 Å². The Labute approximate surface area is 129 Å². The van der Waals surface area contributed by atoms with Gasteiger partial charge in [0.05, 0.1) is 10.3 Å². The van der Waals surface area contributed by atoms with Gasteiger partial charge in [-0.3, -0.25) is 0 Å². The van der Waals surface area contributed by atoms with E-state index in [0.717, 1.165) is 15.9 Å². The molecule has 0 aliphatic carbocycles. The quantitative estimate of drug-likeness (QED) is 0.719. The van der Waals surface area contributed by atoms with Gasteiger partial charge in [0.15, 0.2) is 0 Å². The molecular weight excluding hydrogens is 340 g/mol.